The average Bonchev–Trinajstić information content (AvgIpc) is 3.26. The molecule has 1 aromatic carbocycles. The molecule has 0 aliphatic heterocycles. The van der Waals surface area contributed by atoms with Crippen molar-refractivity contribution < 1.29 is 18.3 Å². The molecule has 3 N–H and O–H groups in total. The number of hydrogen-bond donors (Lipinski definition) is 3. The molecule has 2 aromatic heterocycles. The zero-order valence-electron chi connectivity index (χ0n) is 18.1. The first-order valence-corrected chi connectivity index (χ1v) is 10.7. The summed E-state index contributed by atoms with van der Waals surface area (Å²) in [4.78, 5) is 16.7. The number of imidazole rings is 1. The molecule has 0 unspecified atom stereocenters. The first-order chi connectivity index (χ1) is 15.5. The van der Waals surface area contributed by atoms with Crippen LogP contribution in [0.4, 0.5) is 20.3 Å². The number of pyridine rings is 1. The van der Waals surface area contributed by atoms with E-state index in [1.165, 1.54) is 6.20 Å². The number of hydrogen-bond acceptors (Lipinski definition) is 5. The fourth-order valence-electron chi connectivity index (χ4n) is 4.16. The average molecular weight is 443 g/mol. The summed E-state index contributed by atoms with van der Waals surface area (Å²) in [5.41, 5.74) is 1.60. The second-order valence-corrected chi connectivity index (χ2v) is 7.94. The van der Waals surface area contributed by atoms with Crippen LogP contribution >= 0.6 is 0 Å². The Morgan fingerprint density at radius 3 is 2.59 bits per heavy atom. The molecule has 3 aromatic rings. The highest BCUT2D eigenvalue weighted by Gasteiger charge is 2.24. The zero-order chi connectivity index (χ0) is 22.7. The van der Waals surface area contributed by atoms with E-state index >= 15 is 0 Å². The van der Waals surface area contributed by atoms with E-state index in [2.05, 4.69) is 20.9 Å². The molecule has 0 radical (unpaired) electrons. The minimum absolute atomic E-state index is 0.0927. The van der Waals surface area contributed by atoms with Crippen molar-refractivity contribution in [1.29, 1.82) is 0 Å². The molecule has 4 rings (SSSR count). The molecule has 170 valence electrons. The molecular weight excluding hydrogens is 416 g/mol. The van der Waals surface area contributed by atoms with Gasteiger partial charge in [0.1, 0.15) is 22.9 Å². The number of rotatable bonds is 7. The highest BCUT2D eigenvalue weighted by molar-refractivity contribution is 5.95. The van der Waals surface area contributed by atoms with E-state index < -0.39 is 6.43 Å². The van der Waals surface area contributed by atoms with Gasteiger partial charge < -0.3 is 20.7 Å². The van der Waals surface area contributed by atoms with E-state index in [9.17, 15) is 13.6 Å². The largest absolute Gasteiger partial charge is 0.495 e. The predicted octanol–water partition coefficient (Wildman–Crippen LogP) is 4.48. The van der Waals surface area contributed by atoms with Crippen LogP contribution in [-0.4, -0.2) is 41.5 Å². The van der Waals surface area contributed by atoms with Crippen LogP contribution in [0.25, 0.3) is 5.65 Å². The summed E-state index contributed by atoms with van der Waals surface area (Å²) in [7, 11) is 3.37. The number of aromatic nitrogens is 2. The maximum absolute atomic E-state index is 13.0. The lowest BCUT2D eigenvalue weighted by Crippen LogP contribution is -2.40. The van der Waals surface area contributed by atoms with Gasteiger partial charge in [-0.15, -0.1) is 0 Å². The lowest BCUT2D eigenvalue weighted by Gasteiger charge is -2.30. The Labute approximate surface area is 185 Å². The summed E-state index contributed by atoms with van der Waals surface area (Å²) < 4.78 is 33.0. The van der Waals surface area contributed by atoms with E-state index in [1.54, 1.807) is 48.9 Å². The Morgan fingerprint density at radius 1 is 1.16 bits per heavy atom. The van der Waals surface area contributed by atoms with Crippen molar-refractivity contribution in [2.45, 2.75) is 44.2 Å². The molecule has 0 bridgehead atoms. The molecule has 0 saturated heterocycles. The van der Waals surface area contributed by atoms with Gasteiger partial charge in [0, 0.05) is 30.9 Å². The van der Waals surface area contributed by atoms with Crippen molar-refractivity contribution in [3.63, 3.8) is 0 Å². The second-order valence-electron chi connectivity index (χ2n) is 7.94. The summed E-state index contributed by atoms with van der Waals surface area (Å²) in [6.45, 7) is 0. The number of nitrogens with one attached hydrogen (secondary N) is 3. The molecule has 1 amide bonds. The normalized spacial score (nSPS) is 18.5. The van der Waals surface area contributed by atoms with Gasteiger partial charge in [0.05, 0.1) is 12.8 Å². The number of methoxy groups -OCH3 is 1. The van der Waals surface area contributed by atoms with Gasteiger partial charge in [0.25, 0.3) is 12.3 Å². The Kier molecular flexibility index (Phi) is 6.43. The third-order valence-corrected chi connectivity index (χ3v) is 5.88. The fraction of sp³-hybridized carbons (Fsp3) is 0.391. The van der Waals surface area contributed by atoms with Crippen LogP contribution in [0.5, 0.6) is 5.75 Å². The van der Waals surface area contributed by atoms with Crippen LogP contribution in [0.1, 0.15) is 48.2 Å². The number of nitrogens with zero attached hydrogens (tertiary/aromatic N) is 2. The van der Waals surface area contributed by atoms with Gasteiger partial charge in [-0.1, -0.05) is 6.07 Å². The summed E-state index contributed by atoms with van der Waals surface area (Å²) in [5.74, 6) is 1.32. The zero-order valence-corrected chi connectivity index (χ0v) is 18.1. The molecular formula is C23H27F2N5O2. The van der Waals surface area contributed by atoms with E-state index in [1.807, 2.05) is 6.07 Å². The van der Waals surface area contributed by atoms with Crippen molar-refractivity contribution in [1.82, 2.24) is 14.7 Å². The van der Waals surface area contributed by atoms with Gasteiger partial charge in [0.15, 0.2) is 0 Å². The first kappa shape index (κ1) is 21.9. The highest BCUT2D eigenvalue weighted by atomic mass is 19.3. The number of fused-ring (bicyclic) bond motifs is 1. The van der Waals surface area contributed by atoms with Crippen LogP contribution in [0.3, 0.4) is 0 Å². The van der Waals surface area contributed by atoms with Gasteiger partial charge in [-0.25, -0.2) is 13.8 Å². The summed E-state index contributed by atoms with van der Waals surface area (Å²) in [6, 6.07) is 11.0. The molecule has 7 nitrogen and oxygen atoms in total. The molecule has 1 aliphatic carbocycles. The van der Waals surface area contributed by atoms with Gasteiger partial charge in [0.2, 0.25) is 0 Å². The first-order valence-electron chi connectivity index (χ1n) is 10.7. The third-order valence-electron chi connectivity index (χ3n) is 5.88. The smallest absolute Gasteiger partial charge is 0.281 e. The highest BCUT2D eigenvalue weighted by Crippen LogP contribution is 2.27. The summed E-state index contributed by atoms with van der Waals surface area (Å²) in [6.07, 6.45) is 2.17. The minimum atomic E-state index is -2.60. The van der Waals surface area contributed by atoms with Crippen LogP contribution in [-0.2, 0) is 0 Å². The maximum atomic E-state index is 13.0. The predicted molar refractivity (Wildman–Crippen MR) is 120 cm³/mol. The number of alkyl halides is 2. The van der Waals surface area contributed by atoms with Crippen molar-refractivity contribution in [2.75, 3.05) is 24.8 Å². The summed E-state index contributed by atoms with van der Waals surface area (Å²) >= 11 is 0. The number of amides is 1. The topological polar surface area (TPSA) is 79.7 Å². The molecule has 0 atom stereocenters. The molecule has 1 fully saturated rings. The monoisotopic (exact) mass is 443 g/mol. The number of halogens is 2. The van der Waals surface area contributed by atoms with E-state index in [0.717, 1.165) is 37.2 Å². The van der Waals surface area contributed by atoms with Gasteiger partial charge in [-0.2, -0.15) is 0 Å². The van der Waals surface area contributed by atoms with Crippen molar-refractivity contribution in [3.05, 3.63) is 53.9 Å². The lowest BCUT2D eigenvalue weighted by molar-refractivity contribution is 0.0926. The summed E-state index contributed by atoms with van der Waals surface area (Å²) in [5, 5.41) is 9.61. The number of carbonyl (C=O) groups is 1. The van der Waals surface area contributed by atoms with Gasteiger partial charge in [-0.05, 0) is 56.0 Å². The van der Waals surface area contributed by atoms with Crippen LogP contribution < -0.4 is 20.7 Å². The standard InChI is InChI=1S/C23H27F2N5O2/c1-26-17-12-14(6-11-19(17)32-2)23(31)28-16-9-7-15(8-10-16)27-20-4-3-5-21-29-18(22(24)25)13-30(20)21/h3-6,11-13,15-16,22,26-27H,7-10H2,1-2H3,(H,28,31). The maximum Gasteiger partial charge on any atom is 0.281 e. The van der Waals surface area contributed by atoms with Crippen molar-refractivity contribution in [3.8, 4) is 5.75 Å². The Bertz CT molecular complexity index is 1090. The molecule has 1 saturated carbocycles. The van der Waals surface area contributed by atoms with E-state index in [-0.39, 0.29) is 23.7 Å². The molecule has 32 heavy (non-hydrogen) atoms. The number of ether oxygens (including phenoxy) is 1. The third kappa shape index (κ3) is 4.61. The van der Waals surface area contributed by atoms with Crippen molar-refractivity contribution in [2.24, 2.45) is 0 Å². The number of carbonyl (C=O) groups excluding carboxylic acids is 1. The Hall–Kier alpha value is -3.36. The van der Waals surface area contributed by atoms with Crippen molar-refractivity contribution >= 4 is 23.1 Å². The quantitative estimate of drug-likeness (QED) is 0.502. The van der Waals surface area contributed by atoms with Crippen LogP contribution in [0.2, 0.25) is 0 Å². The SMILES string of the molecule is CNc1cc(C(=O)NC2CCC(Nc3cccc4nc(C(F)F)cn34)CC2)ccc1OC. The van der Waals surface area contributed by atoms with E-state index in [0.29, 0.717) is 17.0 Å². The lowest BCUT2D eigenvalue weighted by atomic mass is 9.91. The molecule has 2 heterocycles. The Morgan fingerprint density at radius 2 is 1.91 bits per heavy atom. The van der Waals surface area contributed by atoms with Crippen LogP contribution in [0.15, 0.2) is 42.6 Å². The molecule has 1 aliphatic rings. The van der Waals surface area contributed by atoms with Gasteiger partial charge >= 0.3 is 0 Å². The fourth-order valence-corrected chi connectivity index (χ4v) is 4.16. The Balaban J connectivity index is 1.35. The second kappa shape index (κ2) is 9.42. The van der Waals surface area contributed by atoms with Crippen LogP contribution in [0, 0.1) is 0 Å². The molecule has 9 heteroatoms. The number of anilines is 2. The minimum Gasteiger partial charge on any atom is -0.495 e. The number of benzene rings is 1. The molecule has 0 spiro atoms. The van der Waals surface area contributed by atoms with E-state index in [4.69, 9.17) is 4.74 Å². The van der Waals surface area contributed by atoms with Gasteiger partial charge in [-0.3, -0.25) is 9.20 Å².